The molecule has 0 saturated carbocycles. The van der Waals surface area contributed by atoms with Gasteiger partial charge in [-0.1, -0.05) is 12.1 Å². The van der Waals surface area contributed by atoms with Crippen molar-refractivity contribution in [2.75, 3.05) is 11.8 Å². The highest BCUT2D eigenvalue weighted by Gasteiger charge is 2.14. The summed E-state index contributed by atoms with van der Waals surface area (Å²) in [5.41, 5.74) is 0.887. The molecule has 0 unspecified atom stereocenters. The molecule has 1 aromatic carbocycles. The van der Waals surface area contributed by atoms with Gasteiger partial charge < -0.3 is 9.84 Å². The number of nitrogens with one attached hydrogen (secondary N) is 1. The molecule has 0 radical (unpaired) electrons. The van der Waals surface area contributed by atoms with Crippen LogP contribution in [0.5, 0.6) is 5.88 Å². The van der Waals surface area contributed by atoms with E-state index in [1.165, 1.54) is 55.8 Å². The highest BCUT2D eigenvalue weighted by molar-refractivity contribution is 7.92. The fraction of sp³-hybridized carbons (Fsp3) is 0.0667. The van der Waals surface area contributed by atoms with E-state index >= 15 is 0 Å². The van der Waals surface area contributed by atoms with E-state index in [2.05, 4.69) is 9.71 Å². The first-order chi connectivity index (χ1) is 10.9. The maximum atomic E-state index is 12.3. The maximum absolute atomic E-state index is 12.3. The smallest absolute Gasteiger partial charge is 0.328 e. The number of methoxy groups -OCH3 is 1. The van der Waals surface area contributed by atoms with Crippen LogP contribution < -0.4 is 9.46 Å². The van der Waals surface area contributed by atoms with Crippen molar-refractivity contribution in [3.63, 3.8) is 0 Å². The molecule has 1 heterocycles. The number of hydrogen-bond acceptors (Lipinski definition) is 5. The SMILES string of the molecule is COc1ccc(NS(=O)(=O)c2ccc(/C=C/C(=O)O)cc2)cn1. The third-order valence-electron chi connectivity index (χ3n) is 2.81. The molecule has 2 aromatic rings. The van der Waals surface area contributed by atoms with Gasteiger partial charge in [0.05, 0.1) is 23.9 Å². The Morgan fingerprint density at radius 1 is 1.22 bits per heavy atom. The van der Waals surface area contributed by atoms with Crippen LogP contribution in [0.3, 0.4) is 0 Å². The highest BCUT2D eigenvalue weighted by Crippen LogP contribution is 2.18. The number of aliphatic carboxylic acids is 1. The highest BCUT2D eigenvalue weighted by atomic mass is 32.2. The molecule has 1 aromatic heterocycles. The van der Waals surface area contributed by atoms with Gasteiger partial charge in [-0.3, -0.25) is 4.72 Å². The molecular formula is C15H14N2O5S. The molecule has 0 atom stereocenters. The van der Waals surface area contributed by atoms with Crippen LogP contribution >= 0.6 is 0 Å². The number of carboxylic acids is 1. The third kappa shape index (κ3) is 4.55. The first-order valence-corrected chi connectivity index (χ1v) is 7.93. The Morgan fingerprint density at radius 3 is 2.43 bits per heavy atom. The first-order valence-electron chi connectivity index (χ1n) is 6.44. The van der Waals surface area contributed by atoms with Crippen LogP contribution in [0.4, 0.5) is 5.69 Å². The van der Waals surface area contributed by atoms with Gasteiger partial charge in [-0.05, 0) is 29.8 Å². The molecule has 0 aliphatic heterocycles. The van der Waals surface area contributed by atoms with E-state index in [1.807, 2.05) is 0 Å². The molecule has 0 fully saturated rings. The van der Waals surface area contributed by atoms with Crippen molar-refractivity contribution in [1.29, 1.82) is 0 Å². The van der Waals surface area contributed by atoms with Gasteiger partial charge in [0.15, 0.2) is 0 Å². The second-order valence-electron chi connectivity index (χ2n) is 4.44. The Balaban J connectivity index is 2.16. The van der Waals surface area contributed by atoms with Crippen LogP contribution in [0.2, 0.25) is 0 Å². The molecule has 23 heavy (non-hydrogen) atoms. The number of benzene rings is 1. The second-order valence-corrected chi connectivity index (χ2v) is 6.12. The molecule has 0 amide bonds. The summed E-state index contributed by atoms with van der Waals surface area (Å²) in [7, 11) is -2.29. The molecule has 2 N–H and O–H groups in total. The van der Waals surface area contributed by atoms with Crippen LogP contribution in [-0.2, 0) is 14.8 Å². The predicted octanol–water partition coefficient (Wildman–Crippen LogP) is 1.99. The fourth-order valence-electron chi connectivity index (χ4n) is 1.70. The summed E-state index contributed by atoms with van der Waals surface area (Å²) < 4.78 is 31.8. The van der Waals surface area contributed by atoms with E-state index in [4.69, 9.17) is 9.84 Å². The molecular weight excluding hydrogens is 320 g/mol. The molecule has 0 saturated heterocycles. The summed E-state index contributed by atoms with van der Waals surface area (Å²) in [6.45, 7) is 0. The molecule has 8 heteroatoms. The third-order valence-corrected chi connectivity index (χ3v) is 4.20. The monoisotopic (exact) mass is 334 g/mol. The number of anilines is 1. The van der Waals surface area contributed by atoms with Gasteiger partial charge in [-0.2, -0.15) is 0 Å². The molecule has 7 nitrogen and oxygen atoms in total. The lowest BCUT2D eigenvalue weighted by Gasteiger charge is -2.08. The lowest BCUT2D eigenvalue weighted by molar-refractivity contribution is -0.131. The summed E-state index contributed by atoms with van der Waals surface area (Å²) in [4.78, 5) is 14.4. The molecule has 0 spiro atoms. The lowest BCUT2D eigenvalue weighted by Crippen LogP contribution is -2.13. The predicted molar refractivity (Wildman–Crippen MR) is 84.7 cm³/mol. The van der Waals surface area contributed by atoms with Crippen molar-refractivity contribution in [1.82, 2.24) is 4.98 Å². The zero-order valence-electron chi connectivity index (χ0n) is 12.1. The zero-order chi connectivity index (χ0) is 16.9. The summed E-state index contributed by atoms with van der Waals surface area (Å²) in [5.74, 6) is -0.696. The minimum atomic E-state index is -3.75. The average molecular weight is 334 g/mol. The number of aromatic nitrogens is 1. The van der Waals surface area contributed by atoms with E-state index in [0.29, 0.717) is 17.1 Å². The molecule has 2 rings (SSSR count). The van der Waals surface area contributed by atoms with Crippen LogP contribution in [0.15, 0.2) is 53.6 Å². The average Bonchev–Trinajstić information content (AvgIpc) is 2.53. The van der Waals surface area contributed by atoms with Crippen LogP contribution in [0.1, 0.15) is 5.56 Å². The van der Waals surface area contributed by atoms with E-state index in [9.17, 15) is 13.2 Å². The van der Waals surface area contributed by atoms with Crippen LogP contribution in [0, 0.1) is 0 Å². The van der Waals surface area contributed by atoms with Gasteiger partial charge >= 0.3 is 5.97 Å². The van der Waals surface area contributed by atoms with Crippen molar-refractivity contribution < 1.29 is 23.1 Å². The van der Waals surface area contributed by atoms with Gasteiger partial charge in [0.25, 0.3) is 10.0 Å². The number of sulfonamides is 1. The van der Waals surface area contributed by atoms with Gasteiger partial charge in [-0.15, -0.1) is 0 Å². The Hall–Kier alpha value is -2.87. The number of carbonyl (C=O) groups is 1. The van der Waals surface area contributed by atoms with Crippen molar-refractivity contribution in [3.05, 3.63) is 54.2 Å². The Morgan fingerprint density at radius 2 is 1.91 bits per heavy atom. The fourth-order valence-corrected chi connectivity index (χ4v) is 2.74. The molecule has 0 aliphatic rings. The minimum Gasteiger partial charge on any atom is -0.481 e. The quantitative estimate of drug-likeness (QED) is 0.783. The molecule has 0 aliphatic carbocycles. The lowest BCUT2D eigenvalue weighted by atomic mass is 10.2. The Kier molecular flexibility index (Phi) is 4.97. The number of ether oxygens (including phenoxy) is 1. The number of carboxylic acid groups (broad SMARTS) is 1. The Labute approximate surface area is 133 Å². The van der Waals surface area contributed by atoms with Crippen molar-refractivity contribution in [3.8, 4) is 5.88 Å². The zero-order valence-corrected chi connectivity index (χ0v) is 12.9. The van der Waals surface area contributed by atoms with E-state index in [0.717, 1.165) is 6.08 Å². The normalized spacial score (nSPS) is 11.3. The largest absolute Gasteiger partial charge is 0.481 e. The standard InChI is InChI=1S/C15H14N2O5S/c1-22-14-8-5-12(10-16-14)17-23(20,21)13-6-2-11(3-7-13)4-9-15(18)19/h2-10,17H,1H3,(H,18,19)/b9-4+. The summed E-state index contributed by atoms with van der Waals surface area (Å²) in [6, 6.07) is 8.88. The number of pyridine rings is 1. The van der Waals surface area contributed by atoms with Crippen molar-refractivity contribution in [2.24, 2.45) is 0 Å². The number of rotatable bonds is 6. The maximum Gasteiger partial charge on any atom is 0.328 e. The minimum absolute atomic E-state index is 0.0563. The van der Waals surface area contributed by atoms with Gasteiger partial charge in [0.2, 0.25) is 5.88 Å². The second kappa shape index (κ2) is 6.93. The van der Waals surface area contributed by atoms with Gasteiger partial charge in [-0.25, -0.2) is 18.2 Å². The Bertz CT molecular complexity index is 812. The summed E-state index contributed by atoms with van der Waals surface area (Å²) >= 11 is 0. The van der Waals surface area contributed by atoms with Crippen molar-refractivity contribution >= 4 is 27.8 Å². The van der Waals surface area contributed by atoms with Gasteiger partial charge in [0.1, 0.15) is 0 Å². The van der Waals surface area contributed by atoms with Crippen LogP contribution in [0.25, 0.3) is 6.08 Å². The first kappa shape index (κ1) is 16.5. The van der Waals surface area contributed by atoms with E-state index in [1.54, 1.807) is 0 Å². The molecule has 0 bridgehead atoms. The molecule has 120 valence electrons. The van der Waals surface area contributed by atoms with Crippen LogP contribution in [-0.4, -0.2) is 31.6 Å². The topological polar surface area (TPSA) is 106 Å². The van der Waals surface area contributed by atoms with Gasteiger partial charge in [0, 0.05) is 12.1 Å². The number of nitrogens with zero attached hydrogens (tertiary/aromatic N) is 1. The summed E-state index contributed by atoms with van der Waals surface area (Å²) in [6.07, 6.45) is 3.70. The van der Waals surface area contributed by atoms with Crippen molar-refractivity contribution in [2.45, 2.75) is 4.90 Å². The summed E-state index contributed by atoms with van der Waals surface area (Å²) in [5, 5.41) is 8.55. The van der Waals surface area contributed by atoms with E-state index in [-0.39, 0.29) is 4.90 Å². The number of hydrogen-bond donors (Lipinski definition) is 2. The van der Waals surface area contributed by atoms with E-state index < -0.39 is 16.0 Å².